The molecule has 16 heavy (non-hydrogen) atoms. The third-order valence-corrected chi connectivity index (χ3v) is 3.27. The molecule has 1 aliphatic rings. The quantitative estimate of drug-likeness (QED) is 0.795. The minimum atomic E-state index is -0.170. The van der Waals surface area contributed by atoms with E-state index in [1.807, 2.05) is 29.3 Å². The van der Waals surface area contributed by atoms with E-state index in [2.05, 4.69) is 24.6 Å². The van der Waals surface area contributed by atoms with Gasteiger partial charge in [-0.1, -0.05) is 18.5 Å². The highest BCUT2D eigenvalue weighted by molar-refractivity contribution is 7.80. The van der Waals surface area contributed by atoms with E-state index in [1.165, 1.54) is 0 Å². The van der Waals surface area contributed by atoms with Crippen LogP contribution in [0.5, 0.6) is 0 Å². The van der Waals surface area contributed by atoms with Gasteiger partial charge in [0.25, 0.3) is 0 Å². The number of hydrogen-bond donors (Lipinski definition) is 2. The zero-order valence-electron chi connectivity index (χ0n) is 9.25. The number of hydrogen-bond acceptors (Lipinski definition) is 2. The van der Waals surface area contributed by atoms with Gasteiger partial charge in [0.05, 0.1) is 5.69 Å². The number of nitrogens with zero attached hydrogens (tertiary/aromatic N) is 1. The van der Waals surface area contributed by atoms with Gasteiger partial charge in [0.1, 0.15) is 5.66 Å². The van der Waals surface area contributed by atoms with Gasteiger partial charge in [0, 0.05) is 5.02 Å². The van der Waals surface area contributed by atoms with E-state index < -0.39 is 0 Å². The summed E-state index contributed by atoms with van der Waals surface area (Å²) in [7, 11) is 0. The van der Waals surface area contributed by atoms with Crippen molar-refractivity contribution in [1.82, 2.24) is 10.7 Å². The maximum absolute atomic E-state index is 5.85. The number of benzene rings is 1. The summed E-state index contributed by atoms with van der Waals surface area (Å²) >= 11 is 11.1. The summed E-state index contributed by atoms with van der Waals surface area (Å²) in [6, 6.07) is 7.57. The van der Waals surface area contributed by atoms with E-state index in [1.54, 1.807) is 0 Å². The molecule has 1 heterocycles. The minimum absolute atomic E-state index is 0.170. The standard InChI is InChI=1S/C11H14ClN3S/c1-3-11(2)13-10(16)15(14-11)9-6-4-8(12)5-7-9/h4-7,14H,3H2,1-2H3,(H,13,16)/t11-/m0/s1. The second-order valence-electron chi connectivity index (χ2n) is 4.04. The van der Waals surface area contributed by atoms with Gasteiger partial charge in [-0.15, -0.1) is 0 Å². The topological polar surface area (TPSA) is 27.3 Å². The first kappa shape index (κ1) is 11.6. The van der Waals surface area contributed by atoms with Crippen LogP contribution in [0.2, 0.25) is 5.02 Å². The van der Waals surface area contributed by atoms with Gasteiger partial charge in [-0.25, -0.2) is 5.43 Å². The third kappa shape index (κ3) is 2.14. The van der Waals surface area contributed by atoms with E-state index in [4.69, 9.17) is 23.8 Å². The predicted molar refractivity (Wildman–Crippen MR) is 71.5 cm³/mol. The lowest BCUT2D eigenvalue weighted by atomic mass is 10.2. The third-order valence-electron chi connectivity index (χ3n) is 2.74. The van der Waals surface area contributed by atoms with Gasteiger partial charge in [-0.2, -0.15) is 0 Å². The Morgan fingerprint density at radius 1 is 1.38 bits per heavy atom. The van der Waals surface area contributed by atoms with Crippen molar-refractivity contribution in [2.45, 2.75) is 25.9 Å². The van der Waals surface area contributed by atoms with Crippen molar-refractivity contribution in [3.05, 3.63) is 29.3 Å². The van der Waals surface area contributed by atoms with Crippen molar-refractivity contribution in [2.75, 3.05) is 5.01 Å². The summed E-state index contributed by atoms with van der Waals surface area (Å²) in [5.74, 6) is 0. The zero-order valence-corrected chi connectivity index (χ0v) is 10.8. The summed E-state index contributed by atoms with van der Waals surface area (Å²) in [6.45, 7) is 4.18. The van der Waals surface area contributed by atoms with Crippen molar-refractivity contribution < 1.29 is 0 Å². The molecule has 0 bridgehead atoms. The molecule has 0 saturated carbocycles. The van der Waals surface area contributed by atoms with Crippen LogP contribution >= 0.6 is 23.8 Å². The van der Waals surface area contributed by atoms with Gasteiger partial charge in [0.2, 0.25) is 0 Å². The fourth-order valence-electron chi connectivity index (χ4n) is 1.56. The lowest BCUT2D eigenvalue weighted by Crippen LogP contribution is -2.47. The van der Waals surface area contributed by atoms with Crippen LogP contribution in [0.15, 0.2) is 24.3 Å². The molecule has 0 amide bonds. The van der Waals surface area contributed by atoms with Crippen LogP contribution in [0, 0.1) is 0 Å². The van der Waals surface area contributed by atoms with E-state index >= 15 is 0 Å². The highest BCUT2D eigenvalue weighted by atomic mass is 35.5. The van der Waals surface area contributed by atoms with Gasteiger partial charge in [0.15, 0.2) is 5.11 Å². The van der Waals surface area contributed by atoms with Crippen LogP contribution in [-0.2, 0) is 0 Å². The maximum atomic E-state index is 5.85. The monoisotopic (exact) mass is 255 g/mol. The Balaban J connectivity index is 2.23. The Bertz CT molecular complexity index is 406. The SMILES string of the molecule is CC[C@@]1(C)NC(=S)N(c2ccc(Cl)cc2)N1. The number of nitrogens with one attached hydrogen (secondary N) is 2. The Morgan fingerprint density at radius 3 is 2.50 bits per heavy atom. The van der Waals surface area contributed by atoms with Crippen molar-refractivity contribution >= 4 is 34.6 Å². The molecular formula is C11H14ClN3S. The van der Waals surface area contributed by atoms with Crippen molar-refractivity contribution in [2.24, 2.45) is 0 Å². The van der Waals surface area contributed by atoms with Crippen LogP contribution in [0.1, 0.15) is 20.3 Å². The number of thiocarbonyl (C=S) groups is 1. The molecule has 1 fully saturated rings. The van der Waals surface area contributed by atoms with Crippen molar-refractivity contribution in [3.8, 4) is 0 Å². The normalized spacial score (nSPS) is 24.7. The summed E-state index contributed by atoms with van der Waals surface area (Å²) in [4.78, 5) is 0. The first-order valence-electron chi connectivity index (χ1n) is 5.20. The van der Waals surface area contributed by atoms with Crippen molar-refractivity contribution in [1.29, 1.82) is 0 Å². The van der Waals surface area contributed by atoms with E-state index in [0.29, 0.717) is 5.11 Å². The second-order valence-corrected chi connectivity index (χ2v) is 4.86. The lowest BCUT2D eigenvalue weighted by molar-refractivity contribution is 0.362. The lowest BCUT2D eigenvalue weighted by Gasteiger charge is -2.23. The molecule has 0 aromatic heterocycles. The van der Waals surface area contributed by atoms with Crippen LogP contribution < -0.4 is 15.8 Å². The van der Waals surface area contributed by atoms with E-state index in [-0.39, 0.29) is 5.66 Å². The smallest absolute Gasteiger partial charge is 0.189 e. The molecule has 0 aliphatic carbocycles. The van der Waals surface area contributed by atoms with Gasteiger partial charge in [-0.3, -0.25) is 5.01 Å². The van der Waals surface area contributed by atoms with Crippen LogP contribution in [0.3, 0.4) is 0 Å². The highest BCUT2D eigenvalue weighted by Crippen LogP contribution is 2.22. The molecular weight excluding hydrogens is 242 g/mol. The first-order chi connectivity index (χ1) is 7.54. The fourth-order valence-corrected chi connectivity index (χ4v) is 2.06. The molecule has 1 atom stereocenters. The largest absolute Gasteiger partial charge is 0.342 e. The Kier molecular flexibility index (Phi) is 3.06. The molecule has 2 rings (SSSR count). The highest BCUT2D eigenvalue weighted by Gasteiger charge is 2.34. The van der Waals surface area contributed by atoms with Gasteiger partial charge < -0.3 is 5.32 Å². The predicted octanol–water partition coefficient (Wildman–Crippen LogP) is 2.67. The molecule has 2 N–H and O–H groups in total. The number of anilines is 1. The molecule has 1 aromatic rings. The summed E-state index contributed by atoms with van der Waals surface area (Å²) in [5, 5.41) is 6.54. The summed E-state index contributed by atoms with van der Waals surface area (Å²) < 4.78 is 0. The number of rotatable bonds is 2. The average molecular weight is 256 g/mol. The summed E-state index contributed by atoms with van der Waals surface area (Å²) in [5.41, 5.74) is 4.16. The van der Waals surface area contributed by atoms with Crippen molar-refractivity contribution in [3.63, 3.8) is 0 Å². The summed E-state index contributed by atoms with van der Waals surface area (Å²) in [6.07, 6.45) is 0.942. The second kappa shape index (κ2) is 4.20. The molecule has 3 nitrogen and oxygen atoms in total. The van der Waals surface area contributed by atoms with Crippen LogP contribution in [0.25, 0.3) is 0 Å². The maximum Gasteiger partial charge on any atom is 0.189 e. The molecule has 5 heteroatoms. The van der Waals surface area contributed by atoms with Gasteiger partial charge in [-0.05, 0) is 49.8 Å². The molecule has 1 aromatic carbocycles. The van der Waals surface area contributed by atoms with Crippen LogP contribution in [0.4, 0.5) is 5.69 Å². The molecule has 0 radical (unpaired) electrons. The van der Waals surface area contributed by atoms with Gasteiger partial charge >= 0.3 is 0 Å². The van der Waals surface area contributed by atoms with E-state index in [0.717, 1.165) is 17.1 Å². The number of halogens is 1. The average Bonchev–Trinajstić information content (AvgIpc) is 2.57. The molecule has 86 valence electrons. The molecule has 0 unspecified atom stereocenters. The molecule has 1 saturated heterocycles. The molecule has 1 aliphatic heterocycles. The zero-order chi connectivity index (χ0) is 11.8. The first-order valence-corrected chi connectivity index (χ1v) is 5.98. The molecule has 0 spiro atoms. The minimum Gasteiger partial charge on any atom is -0.342 e. The Hall–Kier alpha value is -0.840. The van der Waals surface area contributed by atoms with Crippen LogP contribution in [-0.4, -0.2) is 10.8 Å². The number of hydrazine groups is 1. The fraction of sp³-hybridized carbons (Fsp3) is 0.364. The van der Waals surface area contributed by atoms with E-state index in [9.17, 15) is 0 Å². The Morgan fingerprint density at radius 2 is 2.00 bits per heavy atom. The Labute approximate surface area is 106 Å².